The maximum atomic E-state index is 10.6. The number of rotatable bonds is 5. The van der Waals surface area contributed by atoms with Crippen LogP contribution in [0.1, 0.15) is 81.1 Å². The van der Waals surface area contributed by atoms with Gasteiger partial charge in [-0.15, -0.1) is 0 Å². The third-order valence-corrected chi connectivity index (χ3v) is 11.3. The summed E-state index contributed by atoms with van der Waals surface area (Å²) in [7, 11) is 0. The molecular weight excluding hydrogens is 456 g/mol. The van der Waals surface area contributed by atoms with Gasteiger partial charge in [0.2, 0.25) is 0 Å². The molecule has 0 aromatic heterocycles. The summed E-state index contributed by atoms with van der Waals surface area (Å²) in [6.07, 6.45) is 0.698. The van der Waals surface area contributed by atoms with Crippen LogP contribution in [0.3, 0.4) is 0 Å². The van der Waals surface area contributed by atoms with E-state index in [1.807, 2.05) is 0 Å². The van der Waals surface area contributed by atoms with Crippen molar-refractivity contribution in [3.63, 3.8) is 0 Å². The zero-order chi connectivity index (χ0) is 22.0. The number of piperidine rings is 2. The molecule has 0 aromatic carbocycles. The van der Waals surface area contributed by atoms with Crippen LogP contribution in [0.4, 0.5) is 0 Å². The molecular formula is C20H40N3O4PSe. The Morgan fingerprint density at radius 3 is 1.21 bits per heavy atom. The molecule has 0 saturated carbocycles. The molecule has 3 aliphatic heterocycles. The molecule has 3 saturated heterocycles. The van der Waals surface area contributed by atoms with Crippen molar-refractivity contribution in [3.05, 3.63) is 0 Å². The molecule has 0 atom stereocenters. The Bertz CT molecular complexity index is 597. The summed E-state index contributed by atoms with van der Waals surface area (Å²) >= 11 is 3.32. The van der Waals surface area contributed by atoms with Crippen molar-refractivity contribution in [3.8, 4) is 0 Å². The van der Waals surface area contributed by atoms with Crippen LogP contribution < -0.4 is 0 Å². The summed E-state index contributed by atoms with van der Waals surface area (Å²) in [6, 6.07) is 0. The van der Waals surface area contributed by atoms with Gasteiger partial charge in [0.05, 0.1) is 0 Å². The average molecular weight is 496 g/mol. The van der Waals surface area contributed by atoms with E-state index in [4.69, 9.17) is 9.05 Å². The third-order valence-electron chi connectivity index (χ3n) is 6.54. The minimum atomic E-state index is -2.32. The summed E-state index contributed by atoms with van der Waals surface area (Å²) in [5.41, 5.74) is -1.44. The van der Waals surface area contributed by atoms with Gasteiger partial charge >= 0.3 is 184 Å². The van der Waals surface area contributed by atoms with E-state index < -0.39 is 6.11 Å². The van der Waals surface area contributed by atoms with Gasteiger partial charge in [-0.1, -0.05) is 0 Å². The van der Waals surface area contributed by atoms with Gasteiger partial charge in [0.1, 0.15) is 0 Å². The Labute approximate surface area is 184 Å². The van der Waals surface area contributed by atoms with Crippen LogP contribution in [-0.2, 0) is 9.05 Å². The SMILES string of the molecule is CC1(C)CC(OP(=[Se])(OC2CC(C)(C)N(O)C(C)(C)C2)N2CC2)CC(C)(C)N1O. The van der Waals surface area contributed by atoms with Gasteiger partial charge in [-0.25, -0.2) is 0 Å². The van der Waals surface area contributed by atoms with Gasteiger partial charge in [0, 0.05) is 0 Å². The van der Waals surface area contributed by atoms with Crippen LogP contribution >= 0.6 is 6.11 Å². The standard InChI is InChI=1S/C20H40N3O4PSe/c1-17(2)11-15(12-18(3,4)22(17)24)26-28(29,21-9-10-21)27-16-13-19(5,6)23(25)20(7,8)14-16/h15-16,24-25H,9-14H2,1-8H3. The topological polar surface area (TPSA) is 68.4 Å². The van der Waals surface area contributed by atoms with Crippen LogP contribution in [0.2, 0.25) is 0 Å². The second-order valence-electron chi connectivity index (χ2n) is 11.6. The molecule has 170 valence electrons. The first-order valence-electron chi connectivity index (χ1n) is 10.7. The summed E-state index contributed by atoms with van der Waals surface area (Å²) in [5.74, 6) is 0. The molecule has 7 nitrogen and oxygen atoms in total. The predicted molar refractivity (Wildman–Crippen MR) is 116 cm³/mol. The second-order valence-corrected chi connectivity index (χ2v) is 16.4. The normalized spacial score (nSPS) is 31.1. The van der Waals surface area contributed by atoms with E-state index in [0.717, 1.165) is 38.8 Å². The number of hydrogen-bond acceptors (Lipinski definition) is 7. The van der Waals surface area contributed by atoms with Crippen molar-refractivity contribution in [2.24, 2.45) is 0 Å². The fraction of sp³-hybridized carbons (Fsp3) is 1.00. The van der Waals surface area contributed by atoms with Crippen LogP contribution in [0, 0.1) is 0 Å². The van der Waals surface area contributed by atoms with Crippen molar-refractivity contribution < 1.29 is 19.5 Å². The average Bonchev–Trinajstić information content (AvgIpc) is 3.34. The first-order chi connectivity index (χ1) is 13.0. The van der Waals surface area contributed by atoms with Gasteiger partial charge in [-0.05, 0) is 0 Å². The first-order valence-corrected chi connectivity index (χ1v) is 14.5. The van der Waals surface area contributed by atoms with E-state index in [-0.39, 0.29) is 34.4 Å². The monoisotopic (exact) mass is 497 g/mol. The number of nitrogens with zero attached hydrogens (tertiary/aromatic N) is 3. The van der Waals surface area contributed by atoms with E-state index in [0.29, 0.717) is 0 Å². The Morgan fingerprint density at radius 2 is 0.966 bits per heavy atom. The summed E-state index contributed by atoms with van der Waals surface area (Å²) < 4.78 is 15.7. The quantitative estimate of drug-likeness (QED) is 0.339. The minimum absolute atomic E-state index is 0.0116. The molecule has 3 rings (SSSR count). The predicted octanol–water partition coefficient (Wildman–Crippen LogP) is 4.00. The van der Waals surface area contributed by atoms with Gasteiger partial charge in [-0.2, -0.15) is 0 Å². The third kappa shape index (κ3) is 5.03. The molecule has 29 heavy (non-hydrogen) atoms. The fourth-order valence-corrected chi connectivity index (χ4v) is 9.84. The Morgan fingerprint density at radius 1 is 0.690 bits per heavy atom. The van der Waals surface area contributed by atoms with Gasteiger partial charge in [0.15, 0.2) is 0 Å². The van der Waals surface area contributed by atoms with Crippen LogP contribution in [0.25, 0.3) is 0 Å². The van der Waals surface area contributed by atoms with E-state index in [2.05, 4.69) is 75.2 Å². The van der Waals surface area contributed by atoms with Gasteiger partial charge in [-0.3, -0.25) is 0 Å². The molecule has 0 amide bonds. The first kappa shape index (κ1) is 24.3. The molecule has 0 bridgehead atoms. The summed E-state index contributed by atoms with van der Waals surface area (Å²) in [6.45, 7) is 18.4. The van der Waals surface area contributed by atoms with Gasteiger partial charge < -0.3 is 0 Å². The molecule has 0 aliphatic carbocycles. The molecule has 0 radical (unpaired) electrons. The number of hydroxylamine groups is 4. The second kappa shape index (κ2) is 7.62. The van der Waals surface area contributed by atoms with Crippen LogP contribution in [-0.4, -0.2) is 87.8 Å². The summed E-state index contributed by atoms with van der Waals surface area (Å²) in [5, 5.41) is 24.2. The molecule has 3 heterocycles. The van der Waals surface area contributed by atoms with Crippen molar-refractivity contribution in [1.82, 2.24) is 14.8 Å². The Balaban J connectivity index is 1.77. The van der Waals surface area contributed by atoms with Crippen molar-refractivity contribution in [2.75, 3.05) is 13.1 Å². The molecule has 3 fully saturated rings. The zero-order valence-corrected chi connectivity index (χ0v) is 21.9. The Hall–Kier alpha value is 0.669. The van der Waals surface area contributed by atoms with E-state index in [1.54, 1.807) is 0 Å². The van der Waals surface area contributed by atoms with E-state index >= 15 is 0 Å². The van der Waals surface area contributed by atoms with Crippen molar-refractivity contribution in [2.45, 2.75) is 115 Å². The fourth-order valence-electron chi connectivity index (χ4n) is 5.33. The molecule has 0 aromatic rings. The van der Waals surface area contributed by atoms with Gasteiger partial charge in [0.25, 0.3) is 0 Å². The Kier molecular flexibility index (Phi) is 6.39. The zero-order valence-electron chi connectivity index (χ0n) is 19.3. The molecule has 0 unspecified atom stereocenters. The maximum absolute atomic E-state index is 10.6. The molecule has 9 heteroatoms. The molecule has 3 aliphatic rings. The van der Waals surface area contributed by atoms with Crippen molar-refractivity contribution >= 4 is 21.2 Å². The summed E-state index contributed by atoms with van der Waals surface area (Å²) in [4.78, 5) is 0. The molecule has 0 spiro atoms. The molecule has 2 N–H and O–H groups in total. The van der Waals surface area contributed by atoms with Crippen molar-refractivity contribution in [1.29, 1.82) is 0 Å². The number of hydrogen-bond donors (Lipinski definition) is 2. The van der Waals surface area contributed by atoms with E-state index in [9.17, 15) is 10.4 Å². The van der Waals surface area contributed by atoms with E-state index in [1.165, 1.54) is 10.1 Å². The van der Waals surface area contributed by atoms with Crippen LogP contribution in [0.5, 0.6) is 0 Å². The van der Waals surface area contributed by atoms with Crippen LogP contribution in [0.15, 0.2) is 0 Å².